The molecule has 2 heteroatoms. The Morgan fingerprint density at radius 3 is 1.08 bits per heavy atom. The van der Waals surface area contributed by atoms with E-state index in [4.69, 9.17) is 0 Å². The average Bonchev–Trinajstić information content (AvgIpc) is 2.92. The maximum Gasteiger partial charge on any atom is 0.0397 e. The molecule has 4 aromatic rings. The van der Waals surface area contributed by atoms with E-state index in [1.165, 1.54) is 50.9 Å². The molecule has 38 heavy (non-hydrogen) atoms. The number of likely N-dealkylation sites (tertiary alicyclic amines) is 1. The van der Waals surface area contributed by atoms with Crippen molar-refractivity contribution < 1.29 is 0 Å². The summed E-state index contributed by atoms with van der Waals surface area (Å²) in [7, 11) is 2.37. The lowest BCUT2D eigenvalue weighted by Gasteiger charge is -2.57. The highest BCUT2D eigenvalue weighted by atomic mass is 15.2. The van der Waals surface area contributed by atoms with Crippen molar-refractivity contribution in [3.8, 4) is 0 Å². The highest BCUT2D eigenvalue weighted by Crippen LogP contribution is 2.57. The molecule has 0 aliphatic carbocycles. The second-order valence-corrected chi connectivity index (χ2v) is 11.9. The third kappa shape index (κ3) is 4.61. The van der Waals surface area contributed by atoms with Crippen LogP contribution in [0, 0.1) is 39.5 Å². The minimum absolute atomic E-state index is 0.283. The van der Waals surface area contributed by atoms with Gasteiger partial charge >= 0.3 is 0 Å². The van der Waals surface area contributed by atoms with Crippen molar-refractivity contribution in [3.63, 3.8) is 0 Å². The summed E-state index contributed by atoms with van der Waals surface area (Å²) in [4.78, 5) is 2.71. The number of hydrogen-bond donors (Lipinski definition) is 1. The van der Waals surface area contributed by atoms with Crippen LogP contribution in [0.4, 0.5) is 0 Å². The maximum atomic E-state index is 4.24. The highest BCUT2D eigenvalue weighted by molar-refractivity contribution is 5.36. The minimum atomic E-state index is 0.283. The fourth-order valence-corrected chi connectivity index (χ4v) is 7.15. The number of nitrogens with one attached hydrogen (secondary N) is 1. The van der Waals surface area contributed by atoms with E-state index in [2.05, 4.69) is 142 Å². The van der Waals surface area contributed by atoms with E-state index in [-0.39, 0.29) is 12.1 Å². The number of nitrogens with zero attached hydrogens (tertiary/aromatic N) is 1. The lowest BCUT2D eigenvalue weighted by Crippen LogP contribution is -2.55. The maximum absolute atomic E-state index is 4.24. The SMILES string of the molecule is Cc1ccc([C@H]2N[C@@H](c3ccc(C)cc3)[C@H]3C[C@@H]2[C@@H](c2ccc(C)cc2)N(C)[C@H]3c2ccc(C)cc2)cc1. The first kappa shape index (κ1) is 25.1. The second-order valence-electron chi connectivity index (χ2n) is 11.9. The molecule has 2 heterocycles. The Morgan fingerprint density at radius 1 is 0.474 bits per heavy atom. The van der Waals surface area contributed by atoms with Crippen molar-refractivity contribution in [1.82, 2.24) is 10.2 Å². The Morgan fingerprint density at radius 2 is 0.763 bits per heavy atom. The van der Waals surface area contributed by atoms with Gasteiger partial charge in [-0.05, 0) is 75.3 Å². The van der Waals surface area contributed by atoms with Crippen LogP contribution >= 0.6 is 0 Å². The van der Waals surface area contributed by atoms with Crippen molar-refractivity contribution in [2.24, 2.45) is 11.8 Å². The first-order chi connectivity index (χ1) is 18.4. The molecule has 2 fully saturated rings. The Kier molecular flexibility index (Phi) is 6.72. The molecule has 0 radical (unpaired) electrons. The van der Waals surface area contributed by atoms with Gasteiger partial charge in [-0.25, -0.2) is 0 Å². The van der Waals surface area contributed by atoms with Gasteiger partial charge in [-0.15, -0.1) is 0 Å². The quantitative estimate of drug-likeness (QED) is 0.303. The predicted octanol–water partition coefficient (Wildman–Crippen LogP) is 8.36. The molecule has 2 aliphatic heterocycles. The second kappa shape index (κ2) is 10.2. The molecule has 6 atom stereocenters. The molecule has 2 aliphatic rings. The van der Waals surface area contributed by atoms with E-state index in [0.29, 0.717) is 23.9 Å². The number of rotatable bonds is 4. The van der Waals surface area contributed by atoms with Crippen LogP contribution in [0.5, 0.6) is 0 Å². The van der Waals surface area contributed by atoms with Crippen LogP contribution in [0.1, 0.15) is 75.1 Å². The van der Waals surface area contributed by atoms with Crippen LogP contribution < -0.4 is 5.32 Å². The van der Waals surface area contributed by atoms with Crippen LogP contribution in [0.2, 0.25) is 0 Å². The summed E-state index contributed by atoms with van der Waals surface area (Å²) in [5.41, 5.74) is 10.9. The van der Waals surface area contributed by atoms with Crippen molar-refractivity contribution >= 4 is 0 Å². The molecule has 6 rings (SSSR count). The van der Waals surface area contributed by atoms with Crippen molar-refractivity contribution in [2.45, 2.75) is 58.3 Å². The highest BCUT2D eigenvalue weighted by Gasteiger charge is 2.52. The molecule has 0 amide bonds. The third-order valence-corrected chi connectivity index (χ3v) is 9.16. The molecule has 0 unspecified atom stereocenters. The van der Waals surface area contributed by atoms with Crippen molar-refractivity contribution in [2.75, 3.05) is 7.05 Å². The summed E-state index contributed by atoms with van der Waals surface area (Å²) in [5, 5.41) is 4.24. The van der Waals surface area contributed by atoms with E-state index >= 15 is 0 Å². The molecule has 0 aromatic heterocycles. The molecule has 0 saturated carbocycles. The van der Waals surface area contributed by atoms with Gasteiger partial charge in [0.05, 0.1) is 0 Å². The molecule has 2 nitrogen and oxygen atoms in total. The Labute approximate surface area is 228 Å². The van der Waals surface area contributed by atoms with E-state index in [1.54, 1.807) is 0 Å². The topological polar surface area (TPSA) is 15.3 Å². The zero-order valence-electron chi connectivity index (χ0n) is 23.4. The van der Waals surface area contributed by atoms with Crippen LogP contribution in [0.25, 0.3) is 0 Å². The smallest absolute Gasteiger partial charge is 0.0397 e. The number of aryl methyl sites for hydroxylation is 4. The Balaban J connectivity index is 1.50. The number of hydrogen-bond acceptors (Lipinski definition) is 2. The van der Waals surface area contributed by atoms with Crippen molar-refractivity contribution in [1.29, 1.82) is 0 Å². The Hall–Kier alpha value is -3.20. The summed E-state index contributed by atoms with van der Waals surface area (Å²) < 4.78 is 0. The van der Waals surface area contributed by atoms with E-state index in [9.17, 15) is 0 Å². The molecule has 2 bridgehead atoms. The fourth-order valence-electron chi connectivity index (χ4n) is 7.15. The monoisotopic (exact) mass is 500 g/mol. The van der Waals surface area contributed by atoms with E-state index < -0.39 is 0 Å². The number of piperidine rings is 2. The first-order valence-corrected chi connectivity index (χ1v) is 14.1. The van der Waals surface area contributed by atoms with Crippen LogP contribution in [-0.2, 0) is 0 Å². The average molecular weight is 501 g/mol. The summed E-state index contributed by atoms with van der Waals surface area (Å²) >= 11 is 0. The molecular formula is C36H40N2. The first-order valence-electron chi connectivity index (χ1n) is 14.1. The summed E-state index contributed by atoms with van der Waals surface area (Å²) in [6, 6.07) is 38.3. The minimum Gasteiger partial charge on any atom is -0.302 e. The zero-order chi connectivity index (χ0) is 26.4. The van der Waals surface area contributed by atoms with Gasteiger partial charge in [0.15, 0.2) is 0 Å². The van der Waals surface area contributed by atoms with Gasteiger partial charge in [0, 0.05) is 24.2 Å². The van der Waals surface area contributed by atoms with Gasteiger partial charge in [0.2, 0.25) is 0 Å². The molecular weight excluding hydrogens is 460 g/mol. The van der Waals surface area contributed by atoms with Gasteiger partial charge in [0.1, 0.15) is 0 Å². The summed E-state index contributed by atoms with van der Waals surface area (Å²) in [6.07, 6.45) is 1.19. The molecule has 194 valence electrons. The third-order valence-electron chi connectivity index (χ3n) is 9.16. The lowest BCUT2D eigenvalue weighted by molar-refractivity contribution is -0.0484. The summed E-state index contributed by atoms with van der Waals surface area (Å²) in [5.74, 6) is 0.942. The van der Waals surface area contributed by atoms with E-state index in [0.717, 1.165) is 0 Å². The Bertz CT molecular complexity index is 1260. The van der Waals surface area contributed by atoms with Gasteiger partial charge in [-0.2, -0.15) is 0 Å². The van der Waals surface area contributed by atoms with Gasteiger partial charge in [-0.1, -0.05) is 119 Å². The van der Waals surface area contributed by atoms with Gasteiger partial charge in [-0.3, -0.25) is 4.90 Å². The number of benzene rings is 4. The normalized spacial score (nSPS) is 27.3. The molecule has 1 N–H and O–H groups in total. The van der Waals surface area contributed by atoms with Crippen LogP contribution in [0.15, 0.2) is 97.1 Å². The van der Waals surface area contributed by atoms with E-state index in [1.807, 2.05) is 0 Å². The summed E-state index contributed by atoms with van der Waals surface area (Å²) in [6.45, 7) is 8.73. The fraction of sp³-hybridized carbons (Fsp3) is 0.333. The largest absolute Gasteiger partial charge is 0.302 e. The molecule has 4 aromatic carbocycles. The van der Waals surface area contributed by atoms with Gasteiger partial charge < -0.3 is 5.32 Å². The standard InChI is InChI=1S/C36H40N2/c1-23-6-14-27(15-7-23)33-31-22-32(34(37-33)28-16-8-24(2)9-17-28)36(30-20-12-26(4)13-21-30)38(5)35(31)29-18-10-25(3)11-19-29/h6-21,31-37H,22H2,1-5H3/t31-,32+,33+,34-,35+,36-. The van der Waals surface area contributed by atoms with Crippen LogP contribution in [0.3, 0.4) is 0 Å². The van der Waals surface area contributed by atoms with Crippen LogP contribution in [-0.4, -0.2) is 11.9 Å². The predicted molar refractivity (Wildman–Crippen MR) is 158 cm³/mol. The lowest BCUT2D eigenvalue weighted by atomic mass is 9.64. The molecule has 2 saturated heterocycles. The molecule has 0 spiro atoms. The van der Waals surface area contributed by atoms with Crippen molar-refractivity contribution in [3.05, 3.63) is 142 Å². The van der Waals surface area contributed by atoms with Gasteiger partial charge in [0.25, 0.3) is 0 Å². The number of fused-ring (bicyclic) bond motifs is 2. The zero-order valence-corrected chi connectivity index (χ0v) is 23.4.